The first kappa shape index (κ1) is 17.6. The highest BCUT2D eigenvalue weighted by atomic mass is 79.9. The van der Waals surface area contributed by atoms with E-state index in [1.807, 2.05) is 26.0 Å². The number of hydrogen-bond acceptors (Lipinski definition) is 5. The number of benzene rings is 1. The Hall–Kier alpha value is -0.790. The molecular weight excluding hydrogens is 386 g/mol. The molecule has 0 spiro atoms. The first-order valence-corrected chi connectivity index (χ1v) is 9.11. The predicted molar refractivity (Wildman–Crippen MR) is 96.9 cm³/mol. The maximum atomic E-state index is 12.3. The third-order valence-corrected chi connectivity index (χ3v) is 5.49. The van der Waals surface area contributed by atoms with E-state index in [4.69, 9.17) is 21.7 Å². The largest absolute Gasteiger partial charge is 0.492 e. The summed E-state index contributed by atoms with van der Waals surface area (Å²) in [5, 5.41) is -0.165. The van der Waals surface area contributed by atoms with Crippen LogP contribution in [0.25, 0.3) is 0 Å². The van der Waals surface area contributed by atoms with Crippen LogP contribution in [-0.2, 0) is 11.2 Å². The van der Waals surface area contributed by atoms with Crippen molar-refractivity contribution in [2.45, 2.75) is 25.5 Å². The first-order chi connectivity index (χ1) is 10.5. The molecule has 1 aromatic rings. The Balaban J connectivity index is 2.23. The second kappa shape index (κ2) is 7.66. The van der Waals surface area contributed by atoms with Gasteiger partial charge in [0, 0.05) is 6.54 Å². The lowest BCUT2D eigenvalue weighted by Gasteiger charge is -2.15. The number of carbonyl (C=O) groups excluding carboxylic acids is 1. The number of nitrogens with zero attached hydrogens (tertiary/aromatic N) is 1. The van der Waals surface area contributed by atoms with Gasteiger partial charge in [0.25, 0.3) is 0 Å². The van der Waals surface area contributed by atoms with Crippen molar-refractivity contribution in [3.8, 4) is 11.5 Å². The topological polar surface area (TPSA) is 38.8 Å². The van der Waals surface area contributed by atoms with E-state index in [0.717, 1.165) is 10.0 Å². The average Bonchev–Trinajstić information content (AvgIpc) is 2.73. The van der Waals surface area contributed by atoms with Crippen molar-refractivity contribution in [3.05, 3.63) is 22.2 Å². The number of thiocarbonyl (C=S) groups is 1. The van der Waals surface area contributed by atoms with Crippen LogP contribution in [0.15, 0.2) is 16.6 Å². The van der Waals surface area contributed by atoms with Crippen LogP contribution in [-0.4, -0.2) is 40.6 Å². The lowest BCUT2D eigenvalue weighted by atomic mass is 10.1. The van der Waals surface area contributed by atoms with Gasteiger partial charge in [0.1, 0.15) is 4.32 Å². The van der Waals surface area contributed by atoms with Crippen LogP contribution in [0.1, 0.15) is 19.4 Å². The molecule has 22 heavy (non-hydrogen) atoms. The minimum Gasteiger partial charge on any atom is -0.492 e. The molecule has 0 bridgehead atoms. The second-order valence-corrected chi connectivity index (χ2v) is 7.39. The van der Waals surface area contributed by atoms with E-state index < -0.39 is 0 Å². The smallest absolute Gasteiger partial charge is 0.241 e. The van der Waals surface area contributed by atoms with Crippen molar-refractivity contribution in [2.75, 3.05) is 20.3 Å². The van der Waals surface area contributed by atoms with Gasteiger partial charge in [-0.2, -0.15) is 0 Å². The molecule has 1 heterocycles. The second-order valence-electron chi connectivity index (χ2n) is 4.70. The third kappa shape index (κ3) is 3.58. The van der Waals surface area contributed by atoms with Gasteiger partial charge < -0.3 is 9.47 Å². The standard InChI is InChI=1S/C15H18BrNO3S2/c1-4-17-14(18)12(22-15(17)21)8-9-6-10(16)13(19-3)11(7-9)20-5-2/h6-7,12H,4-5,8H2,1-3H3/t12-/m1/s1. The van der Waals surface area contributed by atoms with E-state index >= 15 is 0 Å². The van der Waals surface area contributed by atoms with Crippen LogP contribution >= 0.6 is 39.9 Å². The summed E-state index contributed by atoms with van der Waals surface area (Å²) < 4.78 is 12.5. The highest BCUT2D eigenvalue weighted by Gasteiger charge is 2.35. The van der Waals surface area contributed by atoms with E-state index in [-0.39, 0.29) is 11.2 Å². The van der Waals surface area contributed by atoms with Gasteiger partial charge in [-0.25, -0.2) is 0 Å². The number of methoxy groups -OCH3 is 1. The summed E-state index contributed by atoms with van der Waals surface area (Å²) in [6.45, 7) is 5.03. The highest BCUT2D eigenvalue weighted by Crippen LogP contribution is 2.38. The molecule has 1 fully saturated rings. The summed E-state index contributed by atoms with van der Waals surface area (Å²) in [6.07, 6.45) is 0.614. The molecule has 0 radical (unpaired) electrons. The molecular formula is C15H18BrNO3S2. The van der Waals surface area contributed by atoms with Crippen LogP contribution in [0.2, 0.25) is 0 Å². The molecule has 2 rings (SSSR count). The Bertz CT molecular complexity index is 594. The van der Waals surface area contributed by atoms with Gasteiger partial charge in [0.2, 0.25) is 5.91 Å². The summed E-state index contributed by atoms with van der Waals surface area (Å²) in [4.78, 5) is 14.0. The Kier molecular flexibility index (Phi) is 6.11. The van der Waals surface area contributed by atoms with Crippen LogP contribution in [0.3, 0.4) is 0 Å². The SMILES string of the molecule is CCOc1cc(C[C@H]2SC(=S)N(CC)C2=O)cc(Br)c1OC. The maximum absolute atomic E-state index is 12.3. The van der Waals surface area contributed by atoms with E-state index in [2.05, 4.69) is 15.9 Å². The zero-order chi connectivity index (χ0) is 16.3. The molecule has 120 valence electrons. The van der Waals surface area contributed by atoms with Crippen LogP contribution < -0.4 is 9.47 Å². The Morgan fingerprint density at radius 2 is 2.14 bits per heavy atom. The molecule has 4 nitrogen and oxygen atoms in total. The molecule has 1 atom stereocenters. The van der Waals surface area contributed by atoms with Crippen molar-refractivity contribution in [2.24, 2.45) is 0 Å². The summed E-state index contributed by atoms with van der Waals surface area (Å²) in [5.74, 6) is 1.43. The number of thioether (sulfide) groups is 1. The van der Waals surface area contributed by atoms with Gasteiger partial charge in [0.15, 0.2) is 11.5 Å². The monoisotopic (exact) mass is 403 g/mol. The first-order valence-electron chi connectivity index (χ1n) is 7.03. The molecule has 1 aliphatic heterocycles. The zero-order valence-electron chi connectivity index (χ0n) is 12.7. The molecule has 1 aromatic carbocycles. The normalized spacial score (nSPS) is 18.0. The number of amides is 1. The quantitative estimate of drug-likeness (QED) is 0.677. The van der Waals surface area contributed by atoms with Crippen LogP contribution in [0.5, 0.6) is 11.5 Å². The highest BCUT2D eigenvalue weighted by molar-refractivity contribution is 9.10. The Morgan fingerprint density at radius 1 is 1.41 bits per heavy atom. The Labute approximate surface area is 148 Å². The van der Waals surface area contributed by atoms with Crippen molar-refractivity contribution in [1.29, 1.82) is 0 Å². The minimum absolute atomic E-state index is 0.0856. The molecule has 1 saturated heterocycles. The van der Waals surface area contributed by atoms with Crippen molar-refractivity contribution in [3.63, 3.8) is 0 Å². The van der Waals surface area contributed by atoms with Gasteiger partial charge in [-0.1, -0.05) is 24.0 Å². The fraction of sp³-hybridized carbons (Fsp3) is 0.467. The van der Waals surface area contributed by atoms with E-state index in [1.165, 1.54) is 11.8 Å². The van der Waals surface area contributed by atoms with Crippen molar-refractivity contribution < 1.29 is 14.3 Å². The molecule has 7 heteroatoms. The lowest BCUT2D eigenvalue weighted by Crippen LogP contribution is -2.31. The van der Waals surface area contributed by atoms with Crippen LogP contribution in [0, 0.1) is 0 Å². The van der Waals surface area contributed by atoms with E-state index in [0.29, 0.717) is 35.4 Å². The molecule has 0 aliphatic carbocycles. The Morgan fingerprint density at radius 3 is 2.68 bits per heavy atom. The molecule has 0 aromatic heterocycles. The number of hydrogen-bond donors (Lipinski definition) is 0. The van der Waals surface area contributed by atoms with E-state index in [9.17, 15) is 4.79 Å². The van der Waals surface area contributed by atoms with Gasteiger partial charge >= 0.3 is 0 Å². The van der Waals surface area contributed by atoms with Crippen molar-refractivity contribution >= 4 is 50.1 Å². The molecule has 0 N–H and O–H groups in total. The maximum Gasteiger partial charge on any atom is 0.241 e. The summed E-state index contributed by atoms with van der Waals surface area (Å²) in [7, 11) is 1.61. The predicted octanol–water partition coefficient (Wildman–Crippen LogP) is 3.65. The molecule has 0 unspecified atom stereocenters. The van der Waals surface area contributed by atoms with Gasteiger partial charge in [0.05, 0.1) is 23.4 Å². The zero-order valence-corrected chi connectivity index (χ0v) is 15.9. The van der Waals surface area contributed by atoms with Crippen LogP contribution in [0.4, 0.5) is 0 Å². The molecule has 1 amide bonds. The number of ether oxygens (including phenoxy) is 2. The number of rotatable bonds is 6. The summed E-state index contributed by atoms with van der Waals surface area (Å²) in [6, 6.07) is 3.89. The minimum atomic E-state index is -0.165. The third-order valence-electron chi connectivity index (χ3n) is 3.32. The summed E-state index contributed by atoms with van der Waals surface area (Å²) >= 11 is 10.2. The molecule has 0 saturated carbocycles. The van der Waals surface area contributed by atoms with Gasteiger partial charge in [-0.15, -0.1) is 0 Å². The van der Waals surface area contributed by atoms with Crippen molar-refractivity contribution in [1.82, 2.24) is 4.90 Å². The number of halogens is 1. The van der Waals surface area contributed by atoms with Gasteiger partial charge in [-0.3, -0.25) is 9.69 Å². The average molecular weight is 404 g/mol. The fourth-order valence-electron chi connectivity index (χ4n) is 2.33. The molecule has 1 aliphatic rings. The number of carbonyl (C=O) groups is 1. The fourth-order valence-corrected chi connectivity index (χ4v) is 4.64. The van der Waals surface area contributed by atoms with E-state index in [1.54, 1.807) is 12.0 Å². The van der Waals surface area contributed by atoms with Gasteiger partial charge in [-0.05, 0) is 53.9 Å². The summed E-state index contributed by atoms with van der Waals surface area (Å²) in [5.41, 5.74) is 1.02. The lowest BCUT2D eigenvalue weighted by molar-refractivity contribution is -0.125.